The van der Waals surface area contributed by atoms with Crippen LogP contribution in [-0.4, -0.2) is 47.4 Å². The first kappa shape index (κ1) is 22.7. The molecule has 1 saturated heterocycles. The lowest BCUT2D eigenvalue weighted by atomic mass is 9.76. The third kappa shape index (κ3) is 3.82. The van der Waals surface area contributed by atoms with Gasteiger partial charge in [-0.25, -0.2) is 18.2 Å². The molecule has 33 heavy (non-hydrogen) atoms. The van der Waals surface area contributed by atoms with Crippen molar-refractivity contribution in [2.45, 2.75) is 31.4 Å². The quantitative estimate of drug-likeness (QED) is 0.728. The molecule has 2 amide bonds. The van der Waals surface area contributed by atoms with Gasteiger partial charge in [0, 0.05) is 37.0 Å². The van der Waals surface area contributed by atoms with Crippen LogP contribution in [0.15, 0.2) is 41.5 Å². The number of nitrogens with two attached hydrogens (primary N) is 1. The summed E-state index contributed by atoms with van der Waals surface area (Å²) in [5.41, 5.74) is 4.37. The van der Waals surface area contributed by atoms with Gasteiger partial charge in [0.05, 0.1) is 18.6 Å². The molecule has 1 fully saturated rings. The Bertz CT molecular complexity index is 1150. The Kier molecular flexibility index (Phi) is 5.39. The van der Waals surface area contributed by atoms with Crippen LogP contribution in [0.4, 0.5) is 18.9 Å². The van der Waals surface area contributed by atoms with Crippen LogP contribution in [-0.2, 0) is 21.0 Å². The topological polar surface area (TPSA) is 110 Å². The lowest BCUT2D eigenvalue weighted by Gasteiger charge is -2.38. The molecule has 2 aliphatic heterocycles. The Hall–Kier alpha value is -3.47. The highest BCUT2D eigenvalue weighted by Crippen LogP contribution is 2.47. The monoisotopic (exact) mass is 461 g/mol. The van der Waals surface area contributed by atoms with Crippen molar-refractivity contribution in [3.63, 3.8) is 0 Å². The molecule has 4 rings (SSSR count). The number of hydrogen-bond acceptors (Lipinski definition) is 6. The number of fused-ring (bicyclic) bond motifs is 1. The molecule has 0 aliphatic carbocycles. The van der Waals surface area contributed by atoms with Crippen molar-refractivity contribution in [2.24, 2.45) is 16.6 Å². The molecule has 174 valence electrons. The summed E-state index contributed by atoms with van der Waals surface area (Å²) in [5, 5.41) is 2.57. The Morgan fingerprint density at radius 1 is 1.33 bits per heavy atom. The van der Waals surface area contributed by atoms with Crippen LogP contribution in [0.2, 0.25) is 0 Å². The highest BCUT2D eigenvalue weighted by atomic mass is 19.3. The second kappa shape index (κ2) is 7.84. The average molecular weight is 461 g/mol. The van der Waals surface area contributed by atoms with Crippen molar-refractivity contribution in [3.8, 4) is 0 Å². The van der Waals surface area contributed by atoms with E-state index in [-0.39, 0.29) is 41.0 Å². The van der Waals surface area contributed by atoms with E-state index in [0.29, 0.717) is 0 Å². The van der Waals surface area contributed by atoms with Crippen molar-refractivity contribution < 1.29 is 27.5 Å². The molecular formula is C22H22F3N5O3. The third-order valence-corrected chi connectivity index (χ3v) is 6.00. The van der Waals surface area contributed by atoms with Crippen molar-refractivity contribution >= 4 is 23.5 Å². The molecule has 0 bridgehead atoms. The first-order chi connectivity index (χ1) is 15.4. The molecule has 2 aliphatic rings. The highest BCUT2D eigenvalue weighted by Gasteiger charge is 2.58. The number of ether oxygens (including phenoxy) is 1. The van der Waals surface area contributed by atoms with Gasteiger partial charge in [-0.1, -0.05) is 0 Å². The zero-order valence-corrected chi connectivity index (χ0v) is 18.1. The number of hydrogen-bond donors (Lipinski definition) is 2. The molecule has 8 nitrogen and oxygen atoms in total. The number of carbonyl (C=O) groups is 2. The summed E-state index contributed by atoms with van der Waals surface area (Å²) >= 11 is 0. The predicted octanol–water partition coefficient (Wildman–Crippen LogP) is 2.60. The van der Waals surface area contributed by atoms with E-state index < -0.39 is 35.2 Å². The van der Waals surface area contributed by atoms with Crippen LogP contribution in [0.25, 0.3) is 0 Å². The molecule has 0 spiro atoms. The molecular weight excluding hydrogens is 439 g/mol. The SMILES string of the molecule is C[C@H]1OC[C@]2(c3cc(NC(=O)c4ccc(C(C)(F)F)cn4)ccc3F)N=C(N)N(C)C(=O)[C@H]12. The van der Waals surface area contributed by atoms with Gasteiger partial charge in [0.25, 0.3) is 11.8 Å². The van der Waals surface area contributed by atoms with Gasteiger partial charge in [0.15, 0.2) is 5.96 Å². The molecule has 0 radical (unpaired) electrons. The Morgan fingerprint density at radius 2 is 2.06 bits per heavy atom. The molecule has 0 unspecified atom stereocenters. The standard InChI is InChI=1S/C22H22F3N5O3/c1-11-17-19(32)30(3)20(26)29-22(17,10-33-11)14-8-13(5-6-15(14)23)28-18(31)16-7-4-12(9-27-16)21(2,24)25/h4-9,11,17H,10H2,1-3H3,(H2,26,29)(H,28,31)/t11-,17+,22-/m1/s1. The number of rotatable bonds is 4. The van der Waals surface area contributed by atoms with Crippen LogP contribution < -0.4 is 11.1 Å². The van der Waals surface area contributed by atoms with Crippen LogP contribution >= 0.6 is 0 Å². The number of alkyl halides is 2. The zero-order valence-electron chi connectivity index (χ0n) is 18.1. The van der Waals surface area contributed by atoms with Gasteiger partial charge in [-0.15, -0.1) is 0 Å². The maximum atomic E-state index is 15.0. The van der Waals surface area contributed by atoms with Gasteiger partial charge in [0.1, 0.15) is 17.1 Å². The number of benzene rings is 1. The second-order valence-corrected chi connectivity index (χ2v) is 8.25. The van der Waals surface area contributed by atoms with E-state index in [4.69, 9.17) is 10.5 Å². The average Bonchev–Trinajstić information content (AvgIpc) is 3.10. The lowest BCUT2D eigenvalue weighted by molar-refractivity contribution is -0.134. The largest absolute Gasteiger partial charge is 0.375 e. The minimum absolute atomic E-state index is 0.0491. The number of anilines is 1. The summed E-state index contributed by atoms with van der Waals surface area (Å²) in [6.07, 6.45) is 0.391. The molecule has 1 aromatic carbocycles. The fourth-order valence-corrected chi connectivity index (χ4v) is 4.16. The molecule has 2 aromatic rings. The number of nitrogens with one attached hydrogen (secondary N) is 1. The van der Waals surface area contributed by atoms with Crippen molar-refractivity contribution in [2.75, 3.05) is 19.0 Å². The van der Waals surface area contributed by atoms with E-state index in [1.54, 1.807) is 6.92 Å². The smallest absolute Gasteiger partial charge is 0.274 e. The molecule has 3 atom stereocenters. The van der Waals surface area contributed by atoms with Crippen LogP contribution in [0, 0.1) is 11.7 Å². The molecule has 3 N–H and O–H groups in total. The van der Waals surface area contributed by atoms with Crippen LogP contribution in [0.1, 0.15) is 35.5 Å². The first-order valence-corrected chi connectivity index (χ1v) is 10.1. The zero-order chi connectivity index (χ0) is 24.1. The predicted molar refractivity (Wildman–Crippen MR) is 113 cm³/mol. The normalized spacial score (nSPS) is 25.0. The maximum Gasteiger partial charge on any atom is 0.274 e. The summed E-state index contributed by atoms with van der Waals surface area (Å²) < 4.78 is 47.4. The minimum Gasteiger partial charge on any atom is -0.375 e. The highest BCUT2D eigenvalue weighted by molar-refractivity contribution is 6.03. The number of guanidine groups is 1. The van der Waals surface area contributed by atoms with E-state index in [2.05, 4.69) is 15.3 Å². The fraction of sp³-hybridized carbons (Fsp3) is 0.364. The summed E-state index contributed by atoms with van der Waals surface area (Å²) in [4.78, 5) is 34.9. The number of pyridine rings is 1. The number of aromatic nitrogens is 1. The molecule has 1 aromatic heterocycles. The van der Waals surface area contributed by atoms with Gasteiger partial charge >= 0.3 is 0 Å². The number of amides is 2. The van der Waals surface area contributed by atoms with Crippen molar-refractivity contribution in [3.05, 3.63) is 59.2 Å². The summed E-state index contributed by atoms with van der Waals surface area (Å²) in [6.45, 7) is 2.36. The number of carbonyl (C=O) groups excluding carboxylic acids is 2. The fourth-order valence-electron chi connectivity index (χ4n) is 4.16. The molecule has 11 heteroatoms. The summed E-state index contributed by atoms with van der Waals surface area (Å²) in [6, 6.07) is 6.13. The summed E-state index contributed by atoms with van der Waals surface area (Å²) in [7, 11) is 1.48. The van der Waals surface area contributed by atoms with E-state index in [1.807, 2.05) is 0 Å². The number of halogens is 3. The van der Waals surface area contributed by atoms with Gasteiger partial charge in [-0.2, -0.15) is 0 Å². The Morgan fingerprint density at radius 3 is 2.70 bits per heavy atom. The van der Waals surface area contributed by atoms with Crippen LogP contribution in [0.5, 0.6) is 0 Å². The van der Waals surface area contributed by atoms with Crippen molar-refractivity contribution in [1.82, 2.24) is 9.88 Å². The van der Waals surface area contributed by atoms with Crippen molar-refractivity contribution in [1.29, 1.82) is 0 Å². The van der Waals surface area contributed by atoms with Gasteiger partial charge in [-0.3, -0.25) is 19.5 Å². The van der Waals surface area contributed by atoms with Crippen LogP contribution in [0.3, 0.4) is 0 Å². The van der Waals surface area contributed by atoms with Gasteiger partial charge in [-0.05, 0) is 37.3 Å². The molecule has 0 saturated carbocycles. The van der Waals surface area contributed by atoms with E-state index in [0.717, 1.165) is 25.3 Å². The maximum absolute atomic E-state index is 15.0. The first-order valence-electron chi connectivity index (χ1n) is 10.1. The van der Waals surface area contributed by atoms with E-state index in [9.17, 15) is 22.8 Å². The van der Waals surface area contributed by atoms with E-state index >= 15 is 0 Å². The number of aliphatic imine (C=N–C) groups is 1. The molecule has 3 heterocycles. The Labute approximate surface area is 187 Å². The van der Waals surface area contributed by atoms with Gasteiger partial charge < -0.3 is 15.8 Å². The van der Waals surface area contributed by atoms with Gasteiger partial charge in [0.2, 0.25) is 5.91 Å². The second-order valence-electron chi connectivity index (χ2n) is 8.25. The van der Waals surface area contributed by atoms with E-state index in [1.165, 1.54) is 30.1 Å². The minimum atomic E-state index is -3.09. The number of nitrogens with zero attached hydrogens (tertiary/aromatic N) is 3. The lowest BCUT2D eigenvalue weighted by Crippen LogP contribution is -2.55. The Balaban J connectivity index is 1.67. The summed E-state index contributed by atoms with van der Waals surface area (Å²) in [5.74, 6) is -5.63. The third-order valence-electron chi connectivity index (χ3n) is 6.00.